The van der Waals surface area contributed by atoms with Gasteiger partial charge in [0.05, 0.1) is 0 Å². The monoisotopic (exact) mass is 523 g/mol. The minimum Gasteiger partial charge on any atom is -0.319 e. The van der Waals surface area contributed by atoms with E-state index in [4.69, 9.17) is 4.79 Å². The van der Waals surface area contributed by atoms with E-state index in [1.807, 2.05) is 7.05 Å². The summed E-state index contributed by atoms with van der Waals surface area (Å²) in [5.41, 5.74) is 9.73. The number of likely N-dealkylation sites (N-methyl/N-ethyl adjacent to an activating group) is 1. The molecule has 0 aliphatic heterocycles. The van der Waals surface area contributed by atoms with Gasteiger partial charge >= 0.3 is 0 Å². The zero-order valence-electron chi connectivity index (χ0n) is 24.6. The van der Waals surface area contributed by atoms with Gasteiger partial charge in [0, 0.05) is 0 Å². The summed E-state index contributed by atoms with van der Waals surface area (Å²) in [6, 6.07) is 25.7. The van der Waals surface area contributed by atoms with E-state index in [1.165, 1.54) is 90.8 Å². The predicted octanol–water partition coefficient (Wildman–Crippen LogP) is 9.57. The van der Waals surface area contributed by atoms with E-state index in [0.717, 1.165) is 31.2 Å². The molecule has 2 heteroatoms. The number of carbonyl (C=O) groups excluding carboxylic acids is 1. The highest BCUT2D eigenvalue weighted by Crippen LogP contribution is 2.38. The molecule has 39 heavy (non-hydrogen) atoms. The Balaban J connectivity index is 0.000000983. The average molecular weight is 524 g/mol. The van der Waals surface area contributed by atoms with Crippen molar-refractivity contribution in [3.8, 4) is 22.3 Å². The molecule has 1 N–H and O–H groups in total. The second-order valence-corrected chi connectivity index (χ2v) is 11.0. The number of hydrogen-bond acceptors (Lipinski definition) is 2. The lowest BCUT2D eigenvalue weighted by atomic mass is 9.77. The lowest BCUT2D eigenvalue weighted by Gasteiger charge is -2.29. The summed E-state index contributed by atoms with van der Waals surface area (Å²) in [7, 11) is 2.01. The molecule has 0 aromatic heterocycles. The molecule has 0 saturated heterocycles. The number of benzene rings is 3. The number of unbranched alkanes of at least 4 members (excludes halogenated alkanes) is 2. The first kappa shape index (κ1) is 30.6. The van der Waals surface area contributed by atoms with Crippen molar-refractivity contribution in [3.63, 3.8) is 0 Å². The maximum atomic E-state index is 9.06. The number of aldehydes is 1. The summed E-state index contributed by atoms with van der Waals surface area (Å²) >= 11 is 0. The van der Waals surface area contributed by atoms with E-state index >= 15 is 0 Å². The summed E-state index contributed by atoms with van der Waals surface area (Å²) < 4.78 is 0. The van der Waals surface area contributed by atoms with Crippen LogP contribution >= 0.6 is 0 Å². The van der Waals surface area contributed by atoms with Gasteiger partial charge in [0.1, 0.15) is 6.29 Å². The molecule has 1 saturated carbocycles. The minimum absolute atomic E-state index is 0.639. The van der Waals surface area contributed by atoms with Crippen molar-refractivity contribution >= 4 is 6.29 Å². The molecular weight excluding hydrogens is 474 g/mol. The molecule has 0 amide bonds. The molecule has 0 heterocycles. The Bertz CT molecular complexity index is 1120. The minimum atomic E-state index is 0.639. The predicted molar refractivity (Wildman–Crippen MR) is 169 cm³/mol. The summed E-state index contributed by atoms with van der Waals surface area (Å²) in [6.07, 6.45) is 15.2. The van der Waals surface area contributed by atoms with Crippen LogP contribution in [-0.4, -0.2) is 19.9 Å². The van der Waals surface area contributed by atoms with Crippen LogP contribution < -0.4 is 5.32 Å². The fraction of sp³-hybridized carbons (Fsp3) is 0.432. The molecule has 1 fully saturated rings. The third kappa shape index (κ3) is 9.32. The Hall–Kier alpha value is -2.97. The Kier molecular flexibility index (Phi) is 13.2. The number of nitrogens with one attached hydrogen (secondary N) is 1. The van der Waals surface area contributed by atoms with E-state index in [9.17, 15) is 0 Å². The normalized spacial score (nSPS) is 16.7. The van der Waals surface area contributed by atoms with Crippen molar-refractivity contribution in [2.24, 2.45) is 5.92 Å². The zero-order chi connectivity index (χ0) is 27.9. The van der Waals surface area contributed by atoms with E-state index in [1.54, 1.807) is 5.56 Å². The molecule has 1 aliphatic carbocycles. The van der Waals surface area contributed by atoms with Gasteiger partial charge in [-0.15, -0.1) is 0 Å². The third-order valence-electron chi connectivity index (χ3n) is 8.29. The smallest absolute Gasteiger partial charge is 0.142 e. The first-order valence-corrected chi connectivity index (χ1v) is 15.2. The molecule has 0 bridgehead atoms. The number of rotatable bonds is 12. The highest BCUT2D eigenvalue weighted by Gasteiger charge is 2.22. The largest absolute Gasteiger partial charge is 0.319 e. The van der Waals surface area contributed by atoms with Crippen molar-refractivity contribution < 1.29 is 4.79 Å². The maximum absolute atomic E-state index is 9.06. The van der Waals surface area contributed by atoms with Gasteiger partial charge in [-0.2, -0.15) is 0 Å². The Morgan fingerprint density at radius 2 is 1.49 bits per heavy atom. The lowest BCUT2D eigenvalue weighted by molar-refractivity contribution is -0.104. The van der Waals surface area contributed by atoms with Crippen LogP contribution in [0.3, 0.4) is 0 Å². The van der Waals surface area contributed by atoms with Crippen LogP contribution in [-0.2, 0) is 17.6 Å². The Morgan fingerprint density at radius 1 is 0.846 bits per heavy atom. The van der Waals surface area contributed by atoms with Crippen LogP contribution in [0.25, 0.3) is 22.3 Å². The van der Waals surface area contributed by atoms with Crippen molar-refractivity contribution in [2.75, 3.05) is 13.6 Å². The summed E-state index contributed by atoms with van der Waals surface area (Å²) in [4.78, 5) is 9.06. The standard InChI is InChI=1S/C34H45N.C3H4O/c1-4-6-7-8-26-9-13-29(14-10-26)30-17-19-32(20-18-30)34-22-21-33(25-28(34)5-2)31-15-11-27(12-16-31)23-24-35-3;1-2-3-4/h11-12,15-22,25-26,29,35H,4-10,13-14,23-24H2,1-3H3;2-3H,1H2. The molecule has 0 spiro atoms. The number of carbonyl (C=O) groups is 1. The van der Waals surface area contributed by atoms with Crippen LogP contribution in [0.4, 0.5) is 0 Å². The molecule has 2 nitrogen and oxygen atoms in total. The van der Waals surface area contributed by atoms with Crippen LogP contribution in [0.15, 0.2) is 79.4 Å². The maximum Gasteiger partial charge on any atom is 0.142 e. The molecule has 0 unspecified atom stereocenters. The second-order valence-electron chi connectivity index (χ2n) is 11.0. The van der Waals surface area contributed by atoms with Crippen molar-refractivity contribution in [1.29, 1.82) is 0 Å². The fourth-order valence-corrected chi connectivity index (χ4v) is 5.88. The SMILES string of the molecule is C=CC=O.CCCCCC1CCC(c2ccc(-c3ccc(-c4ccc(CCNC)cc4)cc3CC)cc2)CC1. The summed E-state index contributed by atoms with van der Waals surface area (Å²) in [5, 5.41) is 3.23. The van der Waals surface area contributed by atoms with E-state index in [-0.39, 0.29) is 0 Å². The van der Waals surface area contributed by atoms with E-state index in [0.29, 0.717) is 6.29 Å². The quantitative estimate of drug-likeness (QED) is 0.145. The van der Waals surface area contributed by atoms with Gasteiger partial charge in [0.15, 0.2) is 0 Å². The summed E-state index contributed by atoms with van der Waals surface area (Å²) in [5.74, 6) is 1.74. The molecule has 0 atom stereocenters. The van der Waals surface area contributed by atoms with E-state index < -0.39 is 0 Å². The molecule has 0 radical (unpaired) electrons. The van der Waals surface area contributed by atoms with Gasteiger partial charge in [-0.1, -0.05) is 113 Å². The highest BCUT2D eigenvalue weighted by atomic mass is 16.1. The van der Waals surface area contributed by atoms with Crippen molar-refractivity contribution in [3.05, 3.63) is 96.1 Å². The topological polar surface area (TPSA) is 29.1 Å². The number of allylic oxidation sites excluding steroid dienone is 1. The molecule has 1 aliphatic rings. The molecule has 3 aromatic carbocycles. The van der Waals surface area contributed by atoms with Crippen LogP contribution in [0.5, 0.6) is 0 Å². The fourth-order valence-electron chi connectivity index (χ4n) is 5.88. The molecule has 208 valence electrons. The highest BCUT2D eigenvalue weighted by molar-refractivity contribution is 5.74. The van der Waals surface area contributed by atoms with Gasteiger partial charge in [-0.25, -0.2) is 0 Å². The Labute approximate surface area is 238 Å². The van der Waals surface area contributed by atoms with Gasteiger partial charge < -0.3 is 5.32 Å². The van der Waals surface area contributed by atoms with Crippen molar-refractivity contribution in [2.45, 2.75) is 84.0 Å². The van der Waals surface area contributed by atoms with E-state index in [2.05, 4.69) is 92.5 Å². The Morgan fingerprint density at radius 3 is 2.08 bits per heavy atom. The van der Waals surface area contributed by atoms with Crippen molar-refractivity contribution in [1.82, 2.24) is 5.32 Å². The molecule has 4 rings (SSSR count). The van der Waals surface area contributed by atoms with Crippen LogP contribution in [0.2, 0.25) is 0 Å². The van der Waals surface area contributed by atoms with Gasteiger partial charge in [0.2, 0.25) is 0 Å². The van der Waals surface area contributed by atoms with Crippen LogP contribution in [0, 0.1) is 5.92 Å². The lowest BCUT2D eigenvalue weighted by Crippen LogP contribution is -2.13. The van der Waals surface area contributed by atoms with Gasteiger partial charge in [-0.05, 0) is 109 Å². The number of hydrogen-bond donors (Lipinski definition) is 1. The third-order valence-corrected chi connectivity index (χ3v) is 8.29. The number of aryl methyl sites for hydroxylation is 1. The second kappa shape index (κ2) is 16.9. The molecule has 3 aromatic rings. The van der Waals surface area contributed by atoms with Gasteiger partial charge in [-0.3, -0.25) is 4.79 Å². The summed E-state index contributed by atoms with van der Waals surface area (Å²) in [6.45, 7) is 8.72. The first-order valence-electron chi connectivity index (χ1n) is 15.2. The zero-order valence-corrected chi connectivity index (χ0v) is 24.6. The van der Waals surface area contributed by atoms with Crippen LogP contribution in [0.1, 0.15) is 87.8 Å². The average Bonchev–Trinajstić information content (AvgIpc) is 3.00. The molecular formula is C37H49NO. The van der Waals surface area contributed by atoms with Gasteiger partial charge in [0.25, 0.3) is 0 Å². The first-order chi connectivity index (χ1) is 19.1.